The topological polar surface area (TPSA) is 68.3 Å². The Hall–Kier alpha value is -1.14. The van der Waals surface area contributed by atoms with Gasteiger partial charge in [0.05, 0.1) is 10.9 Å². The van der Waals surface area contributed by atoms with E-state index in [1.54, 1.807) is 19.1 Å². The van der Waals surface area contributed by atoms with Crippen LogP contribution < -0.4 is 5.32 Å². The molecule has 1 fully saturated rings. The summed E-state index contributed by atoms with van der Waals surface area (Å²) in [5.41, 5.74) is -1.13. The summed E-state index contributed by atoms with van der Waals surface area (Å²) in [7, 11) is 0. The number of halogens is 2. The van der Waals surface area contributed by atoms with Crippen molar-refractivity contribution in [2.24, 2.45) is 5.92 Å². The highest BCUT2D eigenvalue weighted by atomic mass is 79.9. The lowest BCUT2D eigenvalue weighted by atomic mass is 9.93. The van der Waals surface area contributed by atoms with Crippen molar-refractivity contribution < 1.29 is 14.3 Å². The van der Waals surface area contributed by atoms with E-state index in [1.165, 1.54) is 6.20 Å². The molecule has 0 aliphatic carbocycles. The smallest absolute Gasteiger partial charge is 0.310 e. The third kappa shape index (κ3) is 3.49. The van der Waals surface area contributed by atoms with Gasteiger partial charge in [-0.15, -0.1) is 17.0 Å². The lowest BCUT2D eigenvalue weighted by Gasteiger charge is -2.21. The molecule has 7 heteroatoms. The molecule has 1 aromatic rings. The molecule has 0 radical (unpaired) electrons. The average Bonchev–Trinajstić information content (AvgIpc) is 2.68. The molecular formula is C13H16BrClN2O3. The number of aromatic nitrogens is 1. The predicted octanol–water partition coefficient (Wildman–Crippen LogP) is 2.98. The Morgan fingerprint density at radius 2 is 2.30 bits per heavy atom. The minimum Gasteiger partial charge on any atom is -0.449 e. The third-order valence-electron chi connectivity index (χ3n) is 3.24. The lowest BCUT2D eigenvalue weighted by molar-refractivity contribution is -0.155. The van der Waals surface area contributed by atoms with Crippen LogP contribution in [0, 0.1) is 5.92 Å². The van der Waals surface area contributed by atoms with Crippen molar-refractivity contribution in [3.63, 3.8) is 0 Å². The third-order valence-corrected chi connectivity index (χ3v) is 3.46. The number of pyridine rings is 1. The predicted molar refractivity (Wildman–Crippen MR) is 81.1 cm³/mol. The highest BCUT2D eigenvalue weighted by Crippen LogP contribution is 2.33. The van der Waals surface area contributed by atoms with Gasteiger partial charge in [0.1, 0.15) is 5.82 Å². The molecule has 2 unspecified atom stereocenters. The maximum absolute atomic E-state index is 12.2. The number of hydrogen-bond donors (Lipinski definition) is 1. The van der Waals surface area contributed by atoms with E-state index in [-0.39, 0.29) is 34.8 Å². The quantitative estimate of drug-likeness (QED) is 0.838. The zero-order valence-electron chi connectivity index (χ0n) is 11.2. The second-order valence-corrected chi connectivity index (χ2v) is 5.21. The highest BCUT2D eigenvalue weighted by molar-refractivity contribution is 8.93. The molecule has 5 nitrogen and oxygen atoms in total. The van der Waals surface area contributed by atoms with Gasteiger partial charge in [0.2, 0.25) is 0 Å². The average molecular weight is 364 g/mol. The van der Waals surface area contributed by atoms with E-state index in [1.807, 2.05) is 6.92 Å². The van der Waals surface area contributed by atoms with Gasteiger partial charge < -0.3 is 10.1 Å². The molecule has 0 bridgehead atoms. The first-order valence-electron chi connectivity index (χ1n) is 6.10. The maximum atomic E-state index is 12.2. The van der Waals surface area contributed by atoms with E-state index >= 15 is 0 Å². The fourth-order valence-corrected chi connectivity index (χ4v) is 2.16. The second-order valence-electron chi connectivity index (χ2n) is 4.78. The number of nitrogens with one attached hydrogen (secondary N) is 1. The van der Waals surface area contributed by atoms with E-state index in [0.29, 0.717) is 23.7 Å². The Morgan fingerprint density at radius 3 is 2.80 bits per heavy atom. The monoisotopic (exact) mass is 362 g/mol. The van der Waals surface area contributed by atoms with Gasteiger partial charge in [-0.3, -0.25) is 9.59 Å². The Kier molecular flexibility index (Phi) is 5.53. The first-order chi connectivity index (χ1) is 8.94. The summed E-state index contributed by atoms with van der Waals surface area (Å²) >= 11 is 5.72. The largest absolute Gasteiger partial charge is 0.449 e. The first kappa shape index (κ1) is 16.9. The molecule has 2 atom stereocenters. The van der Waals surface area contributed by atoms with Crippen LogP contribution in [0.4, 0.5) is 5.82 Å². The Bertz CT molecular complexity index is 509. The molecule has 20 heavy (non-hydrogen) atoms. The summed E-state index contributed by atoms with van der Waals surface area (Å²) < 4.78 is 5.21. The van der Waals surface area contributed by atoms with Crippen LogP contribution in [0.5, 0.6) is 0 Å². The van der Waals surface area contributed by atoms with E-state index in [4.69, 9.17) is 16.3 Å². The molecule has 2 rings (SSSR count). The number of rotatable bonds is 3. The van der Waals surface area contributed by atoms with Crippen molar-refractivity contribution >= 4 is 46.3 Å². The molecule has 0 spiro atoms. The van der Waals surface area contributed by atoms with Crippen molar-refractivity contribution in [1.82, 2.24) is 4.98 Å². The fraction of sp³-hybridized carbons (Fsp3) is 0.462. The highest BCUT2D eigenvalue weighted by Gasteiger charge is 2.48. The number of nitrogens with zero attached hydrogens (tertiary/aromatic N) is 1. The van der Waals surface area contributed by atoms with Gasteiger partial charge in [0.25, 0.3) is 5.91 Å². The van der Waals surface area contributed by atoms with Gasteiger partial charge in [-0.05, 0) is 25.5 Å². The SMILES string of the molecule is Br.CCC1CC(C)(C(=O)Nc2ccc(Cl)cn2)OC1=O. The van der Waals surface area contributed by atoms with Crippen molar-refractivity contribution in [2.45, 2.75) is 32.3 Å². The summed E-state index contributed by atoms with van der Waals surface area (Å²) in [6.45, 7) is 3.52. The first-order valence-corrected chi connectivity index (χ1v) is 6.48. The lowest BCUT2D eigenvalue weighted by Crippen LogP contribution is -2.40. The van der Waals surface area contributed by atoms with Crippen molar-refractivity contribution in [2.75, 3.05) is 5.32 Å². The minimum atomic E-state index is -1.13. The van der Waals surface area contributed by atoms with Gasteiger partial charge in [0.15, 0.2) is 5.60 Å². The van der Waals surface area contributed by atoms with Crippen LogP contribution in [0.1, 0.15) is 26.7 Å². The van der Waals surface area contributed by atoms with Crippen LogP contribution in [-0.2, 0) is 14.3 Å². The van der Waals surface area contributed by atoms with E-state index in [2.05, 4.69) is 10.3 Å². The number of hydrogen-bond acceptors (Lipinski definition) is 4. The van der Waals surface area contributed by atoms with Crippen LogP contribution in [0.3, 0.4) is 0 Å². The van der Waals surface area contributed by atoms with Crippen LogP contribution in [0.2, 0.25) is 5.02 Å². The van der Waals surface area contributed by atoms with Crippen LogP contribution in [0.15, 0.2) is 18.3 Å². The van der Waals surface area contributed by atoms with E-state index in [9.17, 15) is 9.59 Å². The number of carbonyl (C=O) groups is 2. The maximum Gasteiger partial charge on any atom is 0.310 e. The summed E-state index contributed by atoms with van der Waals surface area (Å²) in [6, 6.07) is 3.22. The number of carbonyl (C=O) groups excluding carboxylic acids is 2. The summed E-state index contributed by atoms with van der Waals surface area (Å²) in [5, 5.41) is 3.12. The van der Waals surface area contributed by atoms with Gasteiger partial charge in [0, 0.05) is 12.6 Å². The van der Waals surface area contributed by atoms with Gasteiger partial charge in [-0.2, -0.15) is 0 Å². The van der Waals surface area contributed by atoms with Gasteiger partial charge in [-0.1, -0.05) is 18.5 Å². The summed E-state index contributed by atoms with van der Waals surface area (Å²) in [4.78, 5) is 27.7. The number of anilines is 1. The Labute approximate surface area is 132 Å². The van der Waals surface area contributed by atoms with E-state index in [0.717, 1.165) is 0 Å². The standard InChI is InChI=1S/C13H15ClN2O3.BrH/c1-3-8-6-13(2,19-11(8)17)12(18)16-10-5-4-9(14)7-15-10;/h4-5,7-8H,3,6H2,1-2H3,(H,15,16,18);1H. The molecule has 0 saturated carbocycles. The minimum absolute atomic E-state index is 0. The Morgan fingerprint density at radius 1 is 1.60 bits per heavy atom. The molecule has 2 heterocycles. The summed E-state index contributed by atoms with van der Waals surface area (Å²) in [6.07, 6.45) is 2.50. The zero-order valence-corrected chi connectivity index (χ0v) is 13.7. The van der Waals surface area contributed by atoms with Gasteiger partial charge in [-0.25, -0.2) is 4.98 Å². The van der Waals surface area contributed by atoms with E-state index < -0.39 is 5.60 Å². The zero-order chi connectivity index (χ0) is 14.0. The Balaban J connectivity index is 0.00000200. The number of cyclic esters (lactones) is 1. The molecule has 1 aromatic heterocycles. The molecule has 1 aliphatic rings. The fourth-order valence-electron chi connectivity index (χ4n) is 2.05. The molecule has 1 aliphatic heterocycles. The number of amides is 1. The number of esters is 1. The van der Waals surface area contributed by atoms with Crippen LogP contribution in [-0.4, -0.2) is 22.5 Å². The van der Waals surface area contributed by atoms with Crippen molar-refractivity contribution in [3.05, 3.63) is 23.4 Å². The molecule has 1 N–H and O–H groups in total. The van der Waals surface area contributed by atoms with Crippen molar-refractivity contribution in [3.8, 4) is 0 Å². The van der Waals surface area contributed by atoms with Crippen LogP contribution >= 0.6 is 28.6 Å². The molecule has 110 valence electrons. The molecular weight excluding hydrogens is 348 g/mol. The van der Waals surface area contributed by atoms with Crippen molar-refractivity contribution in [1.29, 1.82) is 0 Å². The normalized spacial score (nSPS) is 24.8. The second kappa shape index (κ2) is 6.54. The molecule has 1 saturated heterocycles. The molecule has 0 aromatic carbocycles. The van der Waals surface area contributed by atoms with Gasteiger partial charge >= 0.3 is 5.97 Å². The van der Waals surface area contributed by atoms with Crippen LogP contribution in [0.25, 0.3) is 0 Å². The number of ether oxygens (including phenoxy) is 1. The summed E-state index contributed by atoms with van der Waals surface area (Å²) in [5.74, 6) is -0.517. The molecule has 1 amide bonds.